The first-order valence-corrected chi connectivity index (χ1v) is 9.26. The number of hydrogen-bond donors (Lipinski definition) is 2. The van der Waals surface area contributed by atoms with Crippen LogP contribution >= 0.6 is 0 Å². The van der Waals surface area contributed by atoms with Crippen LogP contribution in [-0.2, 0) is 10.0 Å². The van der Waals surface area contributed by atoms with Crippen molar-refractivity contribution >= 4 is 15.9 Å². The van der Waals surface area contributed by atoms with Crippen molar-refractivity contribution in [3.05, 3.63) is 65.2 Å². The van der Waals surface area contributed by atoms with Gasteiger partial charge in [-0.3, -0.25) is 4.79 Å². The van der Waals surface area contributed by atoms with Gasteiger partial charge in [0.25, 0.3) is 5.91 Å². The Labute approximate surface area is 143 Å². The van der Waals surface area contributed by atoms with E-state index in [9.17, 15) is 13.2 Å². The lowest BCUT2D eigenvalue weighted by atomic mass is 10.0. The van der Waals surface area contributed by atoms with Crippen LogP contribution in [0.2, 0.25) is 0 Å². The van der Waals surface area contributed by atoms with E-state index in [2.05, 4.69) is 10.0 Å². The molecule has 0 bridgehead atoms. The summed E-state index contributed by atoms with van der Waals surface area (Å²) < 4.78 is 27.9. The van der Waals surface area contributed by atoms with Crippen LogP contribution in [0.3, 0.4) is 0 Å². The predicted molar refractivity (Wildman–Crippen MR) is 94.4 cm³/mol. The molecule has 0 unspecified atom stereocenters. The number of carbonyl (C=O) groups excluding carboxylic acids is 1. The average Bonchev–Trinajstić information content (AvgIpc) is 2.60. The highest BCUT2D eigenvalue weighted by atomic mass is 32.2. The highest BCUT2D eigenvalue weighted by Gasteiger charge is 2.20. The second-order valence-corrected chi connectivity index (χ2v) is 7.31. The maximum atomic E-state index is 12.6. The zero-order valence-electron chi connectivity index (χ0n) is 14.0. The number of rotatable bonds is 6. The Balaban J connectivity index is 2.22. The topological polar surface area (TPSA) is 75.3 Å². The molecule has 2 rings (SSSR count). The summed E-state index contributed by atoms with van der Waals surface area (Å²) in [4.78, 5) is 11.7. The molecule has 128 valence electrons. The number of aryl methyl sites for hydroxylation is 1. The van der Waals surface area contributed by atoms with E-state index < -0.39 is 10.0 Å². The molecule has 1 amide bonds. The van der Waals surface area contributed by atoms with Gasteiger partial charge in [-0.2, -0.15) is 0 Å². The molecule has 0 fully saturated rings. The molecular weight excluding hydrogens is 324 g/mol. The van der Waals surface area contributed by atoms with Gasteiger partial charge < -0.3 is 5.32 Å². The van der Waals surface area contributed by atoms with Crippen LogP contribution in [0.5, 0.6) is 0 Å². The summed E-state index contributed by atoms with van der Waals surface area (Å²) >= 11 is 0. The van der Waals surface area contributed by atoms with Gasteiger partial charge in [-0.15, -0.1) is 0 Å². The van der Waals surface area contributed by atoms with E-state index in [0.717, 1.165) is 11.1 Å². The first-order chi connectivity index (χ1) is 11.4. The normalized spacial score (nSPS) is 12.6. The summed E-state index contributed by atoms with van der Waals surface area (Å²) in [6.07, 6.45) is 0.638. The van der Waals surface area contributed by atoms with E-state index >= 15 is 0 Å². The Hall–Kier alpha value is -2.18. The van der Waals surface area contributed by atoms with Gasteiger partial charge in [-0.05, 0) is 43.2 Å². The molecule has 5 nitrogen and oxygen atoms in total. The van der Waals surface area contributed by atoms with Crippen molar-refractivity contribution in [1.82, 2.24) is 10.0 Å². The standard InChI is InChI=1S/C18H22N2O3S/c1-4-17(14-7-5-13(2)6-8-14)20-24(22,23)16-11-9-15(10-12-16)18(21)19-3/h5-12,17,20H,4H2,1-3H3,(H,19,21)/t17-/m1/s1. The summed E-state index contributed by atoms with van der Waals surface area (Å²) in [5.41, 5.74) is 2.47. The van der Waals surface area contributed by atoms with Crippen LogP contribution in [-0.4, -0.2) is 21.4 Å². The van der Waals surface area contributed by atoms with E-state index in [4.69, 9.17) is 0 Å². The van der Waals surface area contributed by atoms with Crippen LogP contribution in [0.4, 0.5) is 0 Å². The fourth-order valence-corrected chi connectivity index (χ4v) is 3.68. The number of nitrogens with one attached hydrogen (secondary N) is 2. The molecule has 1 atom stereocenters. The fourth-order valence-electron chi connectivity index (χ4n) is 2.37. The molecule has 2 aromatic carbocycles. The SMILES string of the molecule is CC[C@@H](NS(=O)(=O)c1ccc(C(=O)NC)cc1)c1ccc(C)cc1. The molecule has 0 saturated carbocycles. The van der Waals surface area contributed by atoms with E-state index in [1.165, 1.54) is 31.3 Å². The van der Waals surface area contributed by atoms with Gasteiger partial charge in [-0.25, -0.2) is 13.1 Å². The zero-order chi connectivity index (χ0) is 17.7. The summed E-state index contributed by atoms with van der Waals surface area (Å²) in [6, 6.07) is 13.4. The molecule has 0 aromatic heterocycles. The monoisotopic (exact) mass is 346 g/mol. The van der Waals surface area contributed by atoms with Crippen molar-refractivity contribution in [2.24, 2.45) is 0 Å². The lowest BCUT2D eigenvalue weighted by Crippen LogP contribution is -2.28. The molecule has 0 aliphatic rings. The zero-order valence-corrected chi connectivity index (χ0v) is 14.9. The van der Waals surface area contributed by atoms with E-state index in [0.29, 0.717) is 12.0 Å². The smallest absolute Gasteiger partial charge is 0.251 e. The largest absolute Gasteiger partial charge is 0.355 e. The maximum absolute atomic E-state index is 12.6. The van der Waals surface area contributed by atoms with Crippen molar-refractivity contribution in [2.45, 2.75) is 31.2 Å². The van der Waals surface area contributed by atoms with Crippen LogP contribution in [0, 0.1) is 6.92 Å². The number of sulfonamides is 1. The Morgan fingerprint density at radius 3 is 2.12 bits per heavy atom. The molecular formula is C18H22N2O3S. The number of amides is 1. The number of carbonyl (C=O) groups is 1. The van der Waals surface area contributed by atoms with Crippen LogP contribution in [0.15, 0.2) is 53.4 Å². The Morgan fingerprint density at radius 1 is 1.04 bits per heavy atom. The molecule has 0 radical (unpaired) electrons. The number of hydrogen-bond acceptors (Lipinski definition) is 3. The first kappa shape index (κ1) is 18.2. The van der Waals surface area contributed by atoms with E-state index in [1.807, 2.05) is 38.1 Å². The van der Waals surface area contributed by atoms with Gasteiger partial charge >= 0.3 is 0 Å². The molecule has 0 spiro atoms. The minimum absolute atomic E-state index is 0.140. The third kappa shape index (κ3) is 4.21. The summed E-state index contributed by atoms with van der Waals surface area (Å²) in [5.74, 6) is -0.252. The van der Waals surface area contributed by atoms with Gasteiger partial charge in [0.15, 0.2) is 0 Å². The summed E-state index contributed by atoms with van der Waals surface area (Å²) in [5, 5.41) is 2.50. The Morgan fingerprint density at radius 2 is 1.62 bits per heavy atom. The minimum atomic E-state index is -3.66. The van der Waals surface area contributed by atoms with Gasteiger partial charge in [0.2, 0.25) is 10.0 Å². The average molecular weight is 346 g/mol. The third-order valence-electron chi connectivity index (χ3n) is 3.84. The van der Waals surface area contributed by atoms with Crippen molar-refractivity contribution < 1.29 is 13.2 Å². The second kappa shape index (κ2) is 7.59. The molecule has 6 heteroatoms. The van der Waals surface area contributed by atoms with Crippen LogP contribution < -0.4 is 10.0 Å². The lowest BCUT2D eigenvalue weighted by molar-refractivity contribution is 0.0963. The van der Waals surface area contributed by atoms with Crippen molar-refractivity contribution in [2.75, 3.05) is 7.05 Å². The van der Waals surface area contributed by atoms with Crippen molar-refractivity contribution in [3.63, 3.8) is 0 Å². The molecule has 0 aliphatic carbocycles. The molecule has 2 N–H and O–H groups in total. The van der Waals surface area contributed by atoms with Gasteiger partial charge in [0.1, 0.15) is 0 Å². The van der Waals surface area contributed by atoms with Crippen molar-refractivity contribution in [3.8, 4) is 0 Å². The highest BCUT2D eigenvalue weighted by Crippen LogP contribution is 2.21. The maximum Gasteiger partial charge on any atom is 0.251 e. The molecule has 0 saturated heterocycles. The van der Waals surface area contributed by atoms with Gasteiger partial charge in [-0.1, -0.05) is 36.8 Å². The summed E-state index contributed by atoms with van der Waals surface area (Å²) in [7, 11) is -2.13. The third-order valence-corrected chi connectivity index (χ3v) is 5.33. The first-order valence-electron chi connectivity index (χ1n) is 7.78. The molecule has 0 aliphatic heterocycles. The summed E-state index contributed by atoms with van der Waals surface area (Å²) in [6.45, 7) is 3.92. The quantitative estimate of drug-likeness (QED) is 0.844. The molecule has 0 heterocycles. The van der Waals surface area contributed by atoms with E-state index in [-0.39, 0.29) is 16.8 Å². The fraction of sp³-hybridized carbons (Fsp3) is 0.278. The number of benzene rings is 2. The second-order valence-electron chi connectivity index (χ2n) is 5.60. The van der Waals surface area contributed by atoms with Crippen LogP contribution in [0.25, 0.3) is 0 Å². The van der Waals surface area contributed by atoms with Crippen molar-refractivity contribution in [1.29, 1.82) is 0 Å². The van der Waals surface area contributed by atoms with Gasteiger partial charge in [0.05, 0.1) is 4.90 Å². The molecule has 24 heavy (non-hydrogen) atoms. The lowest BCUT2D eigenvalue weighted by Gasteiger charge is -2.18. The van der Waals surface area contributed by atoms with E-state index in [1.54, 1.807) is 0 Å². The van der Waals surface area contributed by atoms with Crippen LogP contribution in [0.1, 0.15) is 40.9 Å². The Bertz CT molecular complexity index is 797. The highest BCUT2D eigenvalue weighted by molar-refractivity contribution is 7.89. The molecule has 2 aromatic rings. The Kier molecular flexibility index (Phi) is 5.75. The minimum Gasteiger partial charge on any atom is -0.355 e. The predicted octanol–water partition coefficient (Wildman–Crippen LogP) is 2.78. The van der Waals surface area contributed by atoms with Gasteiger partial charge in [0, 0.05) is 18.7 Å².